The predicted octanol–water partition coefficient (Wildman–Crippen LogP) is 0.721. The number of hydrogen-bond acceptors (Lipinski definition) is 3. The van der Waals surface area contributed by atoms with Crippen molar-refractivity contribution < 1.29 is 8.42 Å². The number of nitrogens with one attached hydrogen (secondary N) is 1. The van der Waals surface area contributed by atoms with Crippen molar-refractivity contribution in [3.05, 3.63) is 12.2 Å². The lowest BCUT2D eigenvalue weighted by Crippen LogP contribution is -2.07. The third-order valence-electron chi connectivity index (χ3n) is 1.80. The molecule has 5 heteroatoms. The molecule has 1 rings (SSSR count). The van der Waals surface area contributed by atoms with Crippen molar-refractivity contribution in [3.8, 4) is 0 Å². The number of halogens is 1. The van der Waals surface area contributed by atoms with Crippen LogP contribution in [0.3, 0.4) is 0 Å². The molecule has 1 N–H and O–H groups in total. The average Bonchev–Trinajstić information content (AvgIpc) is 2.36. The fraction of sp³-hybridized carbons (Fsp3) is 0.714. The molecule has 1 atom stereocenters. The topological polar surface area (TPSA) is 46.2 Å². The lowest BCUT2D eigenvalue weighted by Gasteiger charge is -1.97. The zero-order valence-corrected chi connectivity index (χ0v) is 8.24. The Kier molecular flexibility index (Phi) is 3.55. The zero-order valence-electron chi connectivity index (χ0n) is 6.66. The van der Waals surface area contributed by atoms with Crippen LogP contribution in [0.1, 0.15) is 6.42 Å². The van der Waals surface area contributed by atoms with E-state index in [9.17, 15) is 8.42 Å². The largest absolute Gasteiger partial charge is 0.316 e. The first-order chi connectivity index (χ1) is 5.58. The first-order valence-electron chi connectivity index (χ1n) is 3.87. The highest BCUT2D eigenvalue weighted by Gasteiger charge is 2.10. The maximum atomic E-state index is 10.5. The van der Waals surface area contributed by atoms with Crippen molar-refractivity contribution in [3.63, 3.8) is 0 Å². The van der Waals surface area contributed by atoms with Crippen LogP contribution in [0.5, 0.6) is 0 Å². The molecule has 12 heavy (non-hydrogen) atoms. The van der Waals surface area contributed by atoms with Crippen LogP contribution >= 0.6 is 10.7 Å². The lowest BCUT2D eigenvalue weighted by molar-refractivity contribution is 0.612. The van der Waals surface area contributed by atoms with E-state index in [0.29, 0.717) is 5.92 Å². The molecule has 0 saturated carbocycles. The minimum Gasteiger partial charge on any atom is -0.316 e. The van der Waals surface area contributed by atoms with Gasteiger partial charge in [0.05, 0.1) is 5.75 Å². The molecule has 1 unspecified atom stereocenters. The highest BCUT2D eigenvalue weighted by atomic mass is 35.7. The summed E-state index contributed by atoms with van der Waals surface area (Å²) in [6.07, 6.45) is 4.62. The minimum atomic E-state index is -3.35. The summed E-state index contributed by atoms with van der Waals surface area (Å²) in [5, 5.41) is 3.19. The number of rotatable bonds is 3. The van der Waals surface area contributed by atoms with Crippen LogP contribution in [-0.2, 0) is 9.05 Å². The molecule has 0 aliphatic carbocycles. The third kappa shape index (κ3) is 4.09. The molecule has 70 valence electrons. The van der Waals surface area contributed by atoms with Crippen molar-refractivity contribution in [1.29, 1.82) is 0 Å². The fourth-order valence-corrected chi connectivity index (χ4v) is 1.76. The molecule has 0 spiro atoms. The summed E-state index contributed by atoms with van der Waals surface area (Å²) in [5.41, 5.74) is 0. The van der Waals surface area contributed by atoms with Crippen molar-refractivity contribution in [2.45, 2.75) is 6.42 Å². The summed E-state index contributed by atoms with van der Waals surface area (Å²) in [5.74, 6) is 0.411. The maximum Gasteiger partial charge on any atom is 0.236 e. The van der Waals surface area contributed by atoms with Gasteiger partial charge in [-0.15, -0.1) is 0 Å². The summed E-state index contributed by atoms with van der Waals surface area (Å²) in [6.45, 7) is 1.96. The van der Waals surface area contributed by atoms with Crippen LogP contribution < -0.4 is 5.32 Å². The quantitative estimate of drug-likeness (QED) is 0.551. The molecule has 0 amide bonds. The fourth-order valence-electron chi connectivity index (χ4n) is 1.20. The Labute approximate surface area is 77.2 Å². The Balaban J connectivity index is 2.30. The van der Waals surface area contributed by atoms with E-state index in [1.54, 1.807) is 6.08 Å². The summed E-state index contributed by atoms with van der Waals surface area (Å²) in [7, 11) is 1.67. The van der Waals surface area contributed by atoms with Gasteiger partial charge in [-0.1, -0.05) is 12.2 Å². The van der Waals surface area contributed by atoms with E-state index in [1.807, 2.05) is 6.08 Å². The second-order valence-corrected chi connectivity index (χ2v) is 5.71. The smallest absolute Gasteiger partial charge is 0.236 e. The van der Waals surface area contributed by atoms with Crippen LogP contribution in [0, 0.1) is 5.92 Å². The van der Waals surface area contributed by atoms with Gasteiger partial charge in [0.1, 0.15) is 0 Å². The number of hydrogen-bond donors (Lipinski definition) is 1. The normalized spacial score (nSPS) is 25.2. The van der Waals surface area contributed by atoms with Gasteiger partial charge in [0.2, 0.25) is 9.05 Å². The van der Waals surface area contributed by atoms with Crippen molar-refractivity contribution in [1.82, 2.24) is 5.32 Å². The van der Waals surface area contributed by atoms with E-state index < -0.39 is 9.05 Å². The van der Waals surface area contributed by atoms with Crippen LogP contribution in [0.2, 0.25) is 0 Å². The Hall–Kier alpha value is -0.0600. The average molecular weight is 210 g/mol. The van der Waals surface area contributed by atoms with E-state index in [4.69, 9.17) is 10.7 Å². The summed E-state index contributed by atoms with van der Waals surface area (Å²) < 4.78 is 21.0. The molecule has 1 aliphatic rings. The highest BCUT2D eigenvalue weighted by molar-refractivity contribution is 8.13. The van der Waals surface area contributed by atoms with Gasteiger partial charge in [-0.05, 0) is 18.9 Å². The van der Waals surface area contributed by atoms with E-state index in [0.717, 1.165) is 19.5 Å². The maximum absolute atomic E-state index is 10.5. The molecular weight excluding hydrogens is 198 g/mol. The molecule has 0 aromatic heterocycles. The lowest BCUT2D eigenvalue weighted by atomic mass is 10.1. The second-order valence-electron chi connectivity index (χ2n) is 2.89. The van der Waals surface area contributed by atoms with E-state index in [-0.39, 0.29) is 5.75 Å². The molecule has 0 radical (unpaired) electrons. The molecule has 1 saturated heterocycles. The molecule has 1 fully saturated rings. The third-order valence-corrected chi connectivity index (χ3v) is 2.77. The minimum absolute atomic E-state index is 0.0644. The molecule has 0 aromatic rings. The molecule has 1 aliphatic heterocycles. The van der Waals surface area contributed by atoms with Crippen LogP contribution in [0.15, 0.2) is 12.2 Å². The van der Waals surface area contributed by atoms with Gasteiger partial charge >= 0.3 is 0 Å². The zero-order chi connectivity index (χ0) is 9.03. The van der Waals surface area contributed by atoms with Crippen molar-refractivity contribution in [2.24, 2.45) is 5.92 Å². The van der Waals surface area contributed by atoms with Crippen molar-refractivity contribution >= 4 is 19.7 Å². The molecule has 0 aromatic carbocycles. The first-order valence-corrected chi connectivity index (χ1v) is 6.35. The highest BCUT2D eigenvalue weighted by Crippen LogP contribution is 2.09. The van der Waals surface area contributed by atoms with Gasteiger partial charge in [-0.3, -0.25) is 0 Å². The van der Waals surface area contributed by atoms with E-state index >= 15 is 0 Å². The second kappa shape index (κ2) is 4.25. The van der Waals surface area contributed by atoms with Gasteiger partial charge in [0.25, 0.3) is 0 Å². The predicted molar refractivity (Wildman–Crippen MR) is 49.8 cm³/mol. The molecule has 3 nitrogen and oxygen atoms in total. The van der Waals surface area contributed by atoms with Crippen molar-refractivity contribution in [2.75, 3.05) is 18.8 Å². The van der Waals surface area contributed by atoms with Crippen LogP contribution in [0.25, 0.3) is 0 Å². The van der Waals surface area contributed by atoms with Gasteiger partial charge in [0.15, 0.2) is 0 Å². The SMILES string of the molecule is O=S(=O)(Cl)C/C=C/C1CCNC1. The summed E-state index contributed by atoms with van der Waals surface area (Å²) in [6, 6.07) is 0. The molecule has 0 bridgehead atoms. The Morgan fingerprint density at radius 2 is 2.33 bits per heavy atom. The van der Waals surface area contributed by atoms with Gasteiger partial charge < -0.3 is 5.32 Å². The Bertz CT molecular complexity index is 255. The van der Waals surface area contributed by atoms with Crippen LogP contribution in [0.4, 0.5) is 0 Å². The first kappa shape index (κ1) is 10.0. The van der Waals surface area contributed by atoms with E-state index in [1.165, 1.54) is 0 Å². The van der Waals surface area contributed by atoms with Crippen LogP contribution in [-0.4, -0.2) is 27.3 Å². The standard InChI is InChI=1S/C7H12ClNO2S/c8-12(10,11)5-1-2-7-3-4-9-6-7/h1-2,7,9H,3-6H2/b2-1+. The summed E-state index contributed by atoms with van der Waals surface area (Å²) in [4.78, 5) is 0. The van der Waals surface area contributed by atoms with Gasteiger partial charge in [-0.2, -0.15) is 0 Å². The van der Waals surface area contributed by atoms with Gasteiger partial charge in [-0.25, -0.2) is 8.42 Å². The van der Waals surface area contributed by atoms with E-state index in [2.05, 4.69) is 5.32 Å². The Morgan fingerprint density at radius 3 is 2.83 bits per heavy atom. The molecular formula is C7H12ClNO2S. The molecule has 1 heterocycles. The monoisotopic (exact) mass is 209 g/mol. The van der Waals surface area contributed by atoms with Gasteiger partial charge in [0, 0.05) is 17.2 Å². The summed E-state index contributed by atoms with van der Waals surface area (Å²) >= 11 is 0. The Morgan fingerprint density at radius 1 is 1.58 bits per heavy atom.